The van der Waals surface area contributed by atoms with Gasteiger partial charge in [-0.25, -0.2) is 4.79 Å². The van der Waals surface area contributed by atoms with Gasteiger partial charge in [0.25, 0.3) is 5.91 Å². The van der Waals surface area contributed by atoms with E-state index in [0.29, 0.717) is 30.2 Å². The van der Waals surface area contributed by atoms with Crippen molar-refractivity contribution in [2.24, 2.45) is 5.92 Å². The molecule has 9 nitrogen and oxygen atoms in total. The van der Waals surface area contributed by atoms with Crippen molar-refractivity contribution >= 4 is 17.6 Å². The number of aliphatic hydroxyl groups excluding tert-OH is 1. The van der Waals surface area contributed by atoms with Gasteiger partial charge in [-0.15, -0.1) is 0 Å². The van der Waals surface area contributed by atoms with E-state index in [2.05, 4.69) is 22.5 Å². The van der Waals surface area contributed by atoms with Crippen LogP contribution in [0.3, 0.4) is 0 Å². The zero-order valence-corrected chi connectivity index (χ0v) is 23.0. The molecular formula is C27H46N4O5. The third-order valence-electron chi connectivity index (χ3n) is 6.27. The van der Waals surface area contributed by atoms with E-state index < -0.39 is 6.04 Å². The second kappa shape index (κ2) is 14.4. The summed E-state index contributed by atoms with van der Waals surface area (Å²) in [5.41, 5.74) is 0.856. The topological polar surface area (TPSA) is 103 Å². The van der Waals surface area contributed by atoms with Crippen LogP contribution in [0, 0.1) is 5.92 Å². The first-order valence-corrected chi connectivity index (χ1v) is 13.1. The fourth-order valence-corrected chi connectivity index (χ4v) is 4.25. The SMILES string of the molecule is CC(C)NC(=O)Nc1ccc2c(c1)C(=O)N([C@H](C)CO)C[C@H](C)[C@H](CN(C)C)OCCCC[C@@H](C)O2. The van der Waals surface area contributed by atoms with E-state index in [1.54, 1.807) is 23.1 Å². The van der Waals surface area contributed by atoms with Crippen molar-refractivity contribution in [3.05, 3.63) is 23.8 Å². The normalized spacial score (nSPS) is 23.0. The van der Waals surface area contributed by atoms with E-state index in [-0.39, 0.29) is 42.7 Å². The maximum absolute atomic E-state index is 14.0. The highest BCUT2D eigenvalue weighted by atomic mass is 16.5. The van der Waals surface area contributed by atoms with Crippen molar-refractivity contribution in [1.82, 2.24) is 15.1 Å². The fraction of sp³-hybridized carbons (Fsp3) is 0.704. The van der Waals surface area contributed by atoms with Crippen LogP contribution in [0.25, 0.3) is 0 Å². The van der Waals surface area contributed by atoms with E-state index in [4.69, 9.17) is 9.47 Å². The summed E-state index contributed by atoms with van der Waals surface area (Å²) in [5.74, 6) is 0.261. The number of carbonyl (C=O) groups is 2. The molecule has 0 aliphatic carbocycles. The third kappa shape index (κ3) is 9.26. The number of hydrogen-bond acceptors (Lipinski definition) is 6. The minimum Gasteiger partial charge on any atom is -0.490 e. The molecule has 0 fully saturated rings. The zero-order valence-electron chi connectivity index (χ0n) is 23.0. The van der Waals surface area contributed by atoms with Crippen LogP contribution in [0.1, 0.15) is 64.2 Å². The van der Waals surface area contributed by atoms with Gasteiger partial charge in [-0.3, -0.25) is 4.79 Å². The number of aliphatic hydroxyl groups is 1. The Labute approximate surface area is 216 Å². The van der Waals surface area contributed by atoms with Gasteiger partial charge in [0.05, 0.1) is 30.4 Å². The van der Waals surface area contributed by atoms with Crippen LogP contribution in [0.4, 0.5) is 10.5 Å². The number of amides is 3. The number of nitrogens with zero attached hydrogens (tertiary/aromatic N) is 2. The number of fused-ring (bicyclic) bond motifs is 1. The molecule has 0 saturated carbocycles. The number of carbonyl (C=O) groups excluding carboxylic acids is 2. The third-order valence-corrected chi connectivity index (χ3v) is 6.27. The average molecular weight is 507 g/mol. The number of benzene rings is 1. The summed E-state index contributed by atoms with van der Waals surface area (Å²) in [7, 11) is 4.03. The number of rotatable bonds is 6. The highest BCUT2D eigenvalue weighted by Crippen LogP contribution is 2.28. The summed E-state index contributed by atoms with van der Waals surface area (Å²) in [6, 6.07) is 4.37. The van der Waals surface area contributed by atoms with Crippen LogP contribution in [0.15, 0.2) is 18.2 Å². The van der Waals surface area contributed by atoms with Gasteiger partial charge in [0.1, 0.15) is 5.75 Å². The van der Waals surface area contributed by atoms with Gasteiger partial charge in [-0.1, -0.05) is 6.92 Å². The number of anilines is 1. The number of likely N-dealkylation sites (N-methyl/N-ethyl adjacent to an activating group) is 1. The molecule has 1 aliphatic rings. The summed E-state index contributed by atoms with van der Waals surface area (Å²) in [6.45, 7) is 11.3. The molecule has 0 unspecified atom stereocenters. The molecule has 0 radical (unpaired) electrons. The minimum absolute atomic E-state index is 0.0205. The van der Waals surface area contributed by atoms with Gasteiger partial charge in [0.15, 0.2) is 0 Å². The summed E-state index contributed by atoms with van der Waals surface area (Å²) in [5, 5.41) is 15.6. The van der Waals surface area contributed by atoms with E-state index in [0.717, 1.165) is 25.8 Å². The van der Waals surface area contributed by atoms with Crippen LogP contribution in [-0.4, -0.2) is 91.5 Å². The Balaban J connectivity index is 2.46. The predicted molar refractivity (Wildman–Crippen MR) is 143 cm³/mol. The number of ether oxygens (including phenoxy) is 2. The highest BCUT2D eigenvalue weighted by molar-refractivity contribution is 5.99. The van der Waals surface area contributed by atoms with Gasteiger partial charge in [0.2, 0.25) is 0 Å². The van der Waals surface area contributed by atoms with Crippen molar-refractivity contribution < 1.29 is 24.2 Å². The molecule has 1 heterocycles. The Morgan fingerprint density at radius 1 is 1.22 bits per heavy atom. The van der Waals surface area contributed by atoms with Crippen LogP contribution in [0.2, 0.25) is 0 Å². The Morgan fingerprint density at radius 2 is 1.94 bits per heavy atom. The lowest BCUT2D eigenvalue weighted by molar-refractivity contribution is -0.0137. The van der Waals surface area contributed by atoms with Crippen molar-refractivity contribution in [3.63, 3.8) is 0 Å². The van der Waals surface area contributed by atoms with Crippen molar-refractivity contribution in [2.75, 3.05) is 45.7 Å². The van der Waals surface area contributed by atoms with Crippen LogP contribution in [0.5, 0.6) is 5.75 Å². The lowest BCUT2D eigenvalue weighted by Gasteiger charge is -2.35. The fourth-order valence-electron chi connectivity index (χ4n) is 4.25. The van der Waals surface area contributed by atoms with E-state index in [1.807, 2.05) is 41.8 Å². The Hall–Kier alpha value is -2.36. The number of hydrogen-bond donors (Lipinski definition) is 3. The number of nitrogens with one attached hydrogen (secondary N) is 2. The summed E-state index contributed by atoms with van der Waals surface area (Å²) >= 11 is 0. The molecule has 3 N–H and O–H groups in total. The Kier molecular flexibility index (Phi) is 11.9. The second-order valence-corrected chi connectivity index (χ2v) is 10.5. The van der Waals surface area contributed by atoms with Gasteiger partial charge in [-0.2, -0.15) is 0 Å². The molecule has 1 aromatic carbocycles. The average Bonchev–Trinajstić information content (AvgIpc) is 2.80. The van der Waals surface area contributed by atoms with E-state index >= 15 is 0 Å². The summed E-state index contributed by atoms with van der Waals surface area (Å²) in [4.78, 5) is 30.0. The van der Waals surface area contributed by atoms with Gasteiger partial charge in [-0.05, 0) is 79.3 Å². The lowest BCUT2D eigenvalue weighted by atomic mass is 10.0. The highest BCUT2D eigenvalue weighted by Gasteiger charge is 2.30. The first kappa shape index (κ1) is 29.9. The summed E-state index contributed by atoms with van der Waals surface area (Å²) in [6.07, 6.45) is 2.57. The first-order valence-electron chi connectivity index (χ1n) is 13.1. The smallest absolute Gasteiger partial charge is 0.319 e. The van der Waals surface area contributed by atoms with Crippen LogP contribution in [-0.2, 0) is 4.74 Å². The van der Waals surface area contributed by atoms with Gasteiger partial charge < -0.3 is 35.0 Å². The molecule has 1 aromatic rings. The van der Waals surface area contributed by atoms with Crippen molar-refractivity contribution in [1.29, 1.82) is 0 Å². The number of urea groups is 1. The zero-order chi connectivity index (χ0) is 26.8. The molecule has 9 heteroatoms. The molecule has 0 spiro atoms. The minimum atomic E-state index is -0.404. The predicted octanol–water partition coefficient (Wildman–Crippen LogP) is 3.57. The molecule has 1 aliphatic heterocycles. The van der Waals surface area contributed by atoms with Crippen molar-refractivity contribution in [3.8, 4) is 5.75 Å². The molecule has 4 atom stereocenters. The standard InChI is InChI=1S/C27H46N4O5/c1-18(2)28-27(34)29-22-11-12-24-23(14-22)26(33)31(20(4)17-32)15-19(3)25(16-30(6)7)35-13-9-8-10-21(5)36-24/h11-12,14,18-21,25,32H,8-10,13,15-17H2,1-7H3,(H2,28,29,34)/t19-,20+,21+,25-/m0/s1. The van der Waals surface area contributed by atoms with E-state index in [9.17, 15) is 14.7 Å². The summed E-state index contributed by atoms with van der Waals surface area (Å²) < 4.78 is 12.5. The lowest BCUT2D eigenvalue weighted by Crippen LogP contribution is -2.47. The Morgan fingerprint density at radius 3 is 2.58 bits per heavy atom. The molecule has 0 aromatic heterocycles. The van der Waals surface area contributed by atoms with Gasteiger partial charge in [0, 0.05) is 37.3 Å². The van der Waals surface area contributed by atoms with E-state index in [1.165, 1.54) is 0 Å². The molecule has 204 valence electrons. The maximum Gasteiger partial charge on any atom is 0.319 e. The Bertz CT molecular complexity index is 847. The quantitative estimate of drug-likeness (QED) is 0.545. The largest absolute Gasteiger partial charge is 0.490 e. The maximum atomic E-state index is 14.0. The first-order chi connectivity index (χ1) is 17.0. The van der Waals surface area contributed by atoms with Crippen LogP contribution < -0.4 is 15.4 Å². The van der Waals surface area contributed by atoms with Crippen LogP contribution >= 0.6 is 0 Å². The monoisotopic (exact) mass is 506 g/mol. The van der Waals surface area contributed by atoms with Crippen molar-refractivity contribution in [2.45, 2.75) is 78.2 Å². The molecule has 2 rings (SSSR count). The molecule has 36 heavy (non-hydrogen) atoms. The molecular weight excluding hydrogens is 460 g/mol. The molecule has 0 saturated heterocycles. The van der Waals surface area contributed by atoms with Gasteiger partial charge >= 0.3 is 6.03 Å². The second-order valence-electron chi connectivity index (χ2n) is 10.5. The molecule has 0 bridgehead atoms. The molecule has 3 amide bonds.